The van der Waals surface area contributed by atoms with Crippen molar-refractivity contribution in [2.75, 3.05) is 5.32 Å². The van der Waals surface area contributed by atoms with E-state index in [1.165, 1.54) is 12.1 Å². The molecular formula is C22H17ClN4O4. The number of carbonyl (C=O) groups is 2. The van der Waals surface area contributed by atoms with E-state index < -0.39 is 10.8 Å². The molecule has 2 amide bonds. The lowest BCUT2D eigenvalue weighted by atomic mass is 10.1. The molecule has 3 rings (SSSR count). The SMILES string of the molecule is C/C(=N/NC(=O)c1ccc(Cl)c([N+](=O)[O-])c1)c1ccc(NC(=O)c2ccccc2)cc1. The van der Waals surface area contributed by atoms with Crippen molar-refractivity contribution in [2.24, 2.45) is 5.10 Å². The van der Waals surface area contributed by atoms with E-state index in [0.29, 0.717) is 17.0 Å². The van der Waals surface area contributed by atoms with Crippen LogP contribution in [-0.4, -0.2) is 22.4 Å². The van der Waals surface area contributed by atoms with Gasteiger partial charge in [-0.15, -0.1) is 0 Å². The van der Waals surface area contributed by atoms with Gasteiger partial charge in [0.05, 0.1) is 10.6 Å². The maximum absolute atomic E-state index is 12.2. The zero-order valence-corrected chi connectivity index (χ0v) is 17.1. The summed E-state index contributed by atoms with van der Waals surface area (Å²) in [5, 5.41) is 17.7. The topological polar surface area (TPSA) is 114 Å². The Morgan fingerprint density at radius 1 is 0.903 bits per heavy atom. The first-order chi connectivity index (χ1) is 14.8. The molecule has 0 spiro atoms. The first kappa shape index (κ1) is 21.7. The van der Waals surface area contributed by atoms with Gasteiger partial charge in [0.2, 0.25) is 0 Å². The summed E-state index contributed by atoms with van der Waals surface area (Å²) in [5.41, 5.74) is 4.47. The second kappa shape index (κ2) is 9.64. The minimum atomic E-state index is -0.661. The maximum atomic E-state index is 12.2. The molecule has 0 radical (unpaired) electrons. The molecule has 0 saturated carbocycles. The van der Waals surface area contributed by atoms with Gasteiger partial charge in [0.15, 0.2) is 0 Å². The van der Waals surface area contributed by atoms with Crippen molar-refractivity contribution in [2.45, 2.75) is 6.92 Å². The third-order valence-corrected chi connectivity index (χ3v) is 4.65. The van der Waals surface area contributed by atoms with Crippen LogP contribution < -0.4 is 10.7 Å². The van der Waals surface area contributed by atoms with E-state index in [2.05, 4.69) is 15.8 Å². The highest BCUT2D eigenvalue weighted by Crippen LogP contribution is 2.25. The van der Waals surface area contributed by atoms with Crippen molar-refractivity contribution in [1.29, 1.82) is 0 Å². The molecule has 0 aliphatic carbocycles. The van der Waals surface area contributed by atoms with Crippen molar-refractivity contribution in [3.63, 3.8) is 0 Å². The number of nitro benzene ring substituents is 1. The third kappa shape index (κ3) is 5.52. The molecule has 0 aliphatic heterocycles. The first-order valence-corrected chi connectivity index (χ1v) is 9.48. The standard InChI is InChI=1S/C22H17ClN4O4/c1-14(25-26-22(29)17-9-12-19(23)20(13-17)27(30)31)15-7-10-18(11-8-15)24-21(28)16-5-3-2-4-6-16/h2-13H,1H3,(H,24,28)(H,26,29)/b25-14-. The van der Waals surface area contributed by atoms with Gasteiger partial charge < -0.3 is 5.32 Å². The summed E-state index contributed by atoms with van der Waals surface area (Å²) in [7, 11) is 0. The van der Waals surface area contributed by atoms with Crippen LogP contribution in [-0.2, 0) is 0 Å². The molecule has 0 aliphatic rings. The summed E-state index contributed by atoms with van der Waals surface area (Å²) in [6, 6.07) is 19.5. The molecule has 156 valence electrons. The molecule has 0 heterocycles. The highest BCUT2D eigenvalue weighted by atomic mass is 35.5. The molecule has 0 saturated heterocycles. The van der Waals surface area contributed by atoms with Gasteiger partial charge in [-0.3, -0.25) is 19.7 Å². The largest absolute Gasteiger partial charge is 0.322 e. The zero-order chi connectivity index (χ0) is 22.4. The molecule has 3 aromatic rings. The van der Waals surface area contributed by atoms with Crippen LogP contribution in [0.2, 0.25) is 5.02 Å². The van der Waals surface area contributed by atoms with Crippen LogP contribution in [0.3, 0.4) is 0 Å². The molecule has 0 atom stereocenters. The van der Waals surface area contributed by atoms with Crippen molar-refractivity contribution in [3.05, 3.63) is 105 Å². The Kier molecular flexibility index (Phi) is 6.74. The Morgan fingerprint density at radius 3 is 2.19 bits per heavy atom. The second-order valence-electron chi connectivity index (χ2n) is 6.46. The van der Waals surface area contributed by atoms with Crippen molar-refractivity contribution < 1.29 is 14.5 Å². The van der Waals surface area contributed by atoms with Crippen LogP contribution in [0.4, 0.5) is 11.4 Å². The number of hydrogen-bond donors (Lipinski definition) is 2. The highest BCUT2D eigenvalue weighted by molar-refractivity contribution is 6.32. The number of hydrazone groups is 1. The Morgan fingerprint density at radius 2 is 1.55 bits per heavy atom. The molecule has 31 heavy (non-hydrogen) atoms. The molecule has 3 aromatic carbocycles. The number of hydrogen-bond acceptors (Lipinski definition) is 5. The normalized spacial score (nSPS) is 11.0. The number of halogens is 1. The number of carbonyl (C=O) groups excluding carboxylic acids is 2. The van der Waals surface area contributed by atoms with Crippen LogP contribution in [0.5, 0.6) is 0 Å². The fourth-order valence-corrected chi connectivity index (χ4v) is 2.83. The number of nitrogens with one attached hydrogen (secondary N) is 2. The third-order valence-electron chi connectivity index (χ3n) is 4.33. The summed E-state index contributed by atoms with van der Waals surface area (Å²) < 4.78 is 0. The summed E-state index contributed by atoms with van der Waals surface area (Å²) >= 11 is 5.76. The smallest absolute Gasteiger partial charge is 0.288 e. The lowest BCUT2D eigenvalue weighted by molar-refractivity contribution is -0.384. The van der Waals surface area contributed by atoms with E-state index in [-0.39, 0.29) is 22.2 Å². The number of nitro groups is 1. The predicted molar refractivity (Wildman–Crippen MR) is 119 cm³/mol. The first-order valence-electron chi connectivity index (χ1n) is 9.10. The molecular weight excluding hydrogens is 420 g/mol. The highest BCUT2D eigenvalue weighted by Gasteiger charge is 2.16. The second-order valence-corrected chi connectivity index (χ2v) is 6.87. The van der Waals surface area contributed by atoms with Gasteiger partial charge >= 0.3 is 0 Å². The van der Waals surface area contributed by atoms with Crippen LogP contribution in [0.1, 0.15) is 33.2 Å². The summed E-state index contributed by atoms with van der Waals surface area (Å²) in [5.74, 6) is -0.825. The zero-order valence-electron chi connectivity index (χ0n) is 16.3. The molecule has 9 heteroatoms. The average molecular weight is 437 g/mol. The Hall–Kier alpha value is -4.04. The number of amides is 2. The van der Waals surface area contributed by atoms with Crippen molar-refractivity contribution in [1.82, 2.24) is 5.43 Å². The fraction of sp³-hybridized carbons (Fsp3) is 0.0455. The fourth-order valence-electron chi connectivity index (χ4n) is 2.65. The van der Waals surface area contributed by atoms with Crippen molar-refractivity contribution >= 4 is 40.5 Å². The number of anilines is 1. The Bertz CT molecular complexity index is 1160. The van der Waals surface area contributed by atoms with Gasteiger partial charge in [-0.1, -0.05) is 41.9 Å². The van der Waals surface area contributed by atoms with E-state index in [9.17, 15) is 19.7 Å². The summed E-state index contributed by atoms with van der Waals surface area (Å²) in [6.07, 6.45) is 0. The predicted octanol–water partition coefficient (Wildman–Crippen LogP) is 4.65. The molecule has 0 fully saturated rings. The molecule has 8 nitrogen and oxygen atoms in total. The molecule has 0 unspecified atom stereocenters. The summed E-state index contributed by atoms with van der Waals surface area (Å²) in [6.45, 7) is 1.70. The summed E-state index contributed by atoms with van der Waals surface area (Å²) in [4.78, 5) is 34.7. The quantitative estimate of drug-likeness (QED) is 0.332. The van der Waals surface area contributed by atoms with Gasteiger partial charge in [-0.2, -0.15) is 5.10 Å². The van der Waals surface area contributed by atoms with Crippen LogP contribution in [0.15, 0.2) is 77.9 Å². The van der Waals surface area contributed by atoms with E-state index in [1.807, 2.05) is 6.07 Å². The minimum Gasteiger partial charge on any atom is -0.322 e. The van der Waals surface area contributed by atoms with Crippen LogP contribution in [0.25, 0.3) is 0 Å². The van der Waals surface area contributed by atoms with Gasteiger partial charge in [0.1, 0.15) is 5.02 Å². The van der Waals surface area contributed by atoms with Crippen LogP contribution in [0, 0.1) is 10.1 Å². The van der Waals surface area contributed by atoms with Gasteiger partial charge in [-0.25, -0.2) is 5.43 Å². The minimum absolute atomic E-state index is 0.0549. The Labute approximate surface area is 182 Å². The lowest BCUT2D eigenvalue weighted by Gasteiger charge is -2.07. The van der Waals surface area contributed by atoms with E-state index >= 15 is 0 Å². The van der Waals surface area contributed by atoms with Gasteiger partial charge in [0, 0.05) is 22.9 Å². The molecule has 2 N–H and O–H groups in total. The monoisotopic (exact) mass is 436 g/mol. The molecule has 0 bridgehead atoms. The maximum Gasteiger partial charge on any atom is 0.288 e. The van der Waals surface area contributed by atoms with Gasteiger partial charge in [0.25, 0.3) is 17.5 Å². The van der Waals surface area contributed by atoms with Crippen molar-refractivity contribution in [3.8, 4) is 0 Å². The van der Waals surface area contributed by atoms with Gasteiger partial charge in [-0.05, 0) is 48.9 Å². The molecule has 0 aromatic heterocycles. The average Bonchev–Trinajstić information content (AvgIpc) is 2.78. The lowest BCUT2D eigenvalue weighted by Crippen LogP contribution is -2.19. The van der Waals surface area contributed by atoms with E-state index in [1.54, 1.807) is 55.5 Å². The Balaban J connectivity index is 1.65. The number of rotatable bonds is 6. The number of benzene rings is 3. The van der Waals surface area contributed by atoms with E-state index in [0.717, 1.165) is 11.6 Å². The van der Waals surface area contributed by atoms with Crippen LogP contribution >= 0.6 is 11.6 Å². The number of nitrogens with zero attached hydrogens (tertiary/aromatic N) is 2. The van der Waals surface area contributed by atoms with E-state index in [4.69, 9.17) is 11.6 Å².